The van der Waals surface area contributed by atoms with Crippen molar-refractivity contribution in [2.45, 2.75) is 0 Å². The molecule has 2 aromatic heterocycles. The molecule has 0 bridgehead atoms. The predicted octanol–water partition coefficient (Wildman–Crippen LogP) is 4.54. The topological polar surface area (TPSA) is 57.8 Å². The number of carbonyl (C=O) groups excluding carboxylic acids is 1. The lowest BCUT2D eigenvalue weighted by Gasteiger charge is -2.08. The van der Waals surface area contributed by atoms with Gasteiger partial charge in [0.25, 0.3) is 5.91 Å². The van der Waals surface area contributed by atoms with Crippen LogP contribution in [0, 0.1) is 0 Å². The molecule has 2 aromatic carbocycles. The lowest BCUT2D eigenvalue weighted by Crippen LogP contribution is -2.13. The molecule has 112 valence electrons. The van der Waals surface area contributed by atoms with E-state index in [0.717, 1.165) is 21.6 Å². The summed E-state index contributed by atoms with van der Waals surface area (Å²) in [7, 11) is 0. The third kappa shape index (κ3) is 2.62. The van der Waals surface area contributed by atoms with Gasteiger partial charge in [-0.05, 0) is 29.6 Å². The van der Waals surface area contributed by atoms with E-state index in [1.807, 2.05) is 66.0 Å². The molecule has 0 atom stereocenters. The second-order valence-electron chi connectivity index (χ2n) is 5.09. The molecular weight excluding hydrogens is 306 g/mol. The number of fused-ring (bicyclic) bond motifs is 1. The third-order valence-electron chi connectivity index (χ3n) is 3.57. The quantitative estimate of drug-likeness (QED) is 0.582. The molecule has 4 nitrogen and oxygen atoms in total. The molecule has 0 spiro atoms. The number of nitrogens with one attached hydrogen (secondary N) is 2. The smallest absolute Gasteiger partial charge is 0.256 e. The number of hydrogen-bond acceptors (Lipinski definition) is 3. The summed E-state index contributed by atoms with van der Waals surface area (Å²) in [5.41, 5.74) is 3.15. The number of H-pyrrole nitrogens is 1. The van der Waals surface area contributed by atoms with Crippen molar-refractivity contribution in [3.8, 4) is 11.4 Å². The summed E-state index contributed by atoms with van der Waals surface area (Å²) in [6.45, 7) is 0. The summed E-state index contributed by atoms with van der Waals surface area (Å²) in [5, 5.41) is 4.91. The number of thiophene rings is 1. The maximum Gasteiger partial charge on any atom is 0.256 e. The highest BCUT2D eigenvalue weighted by Crippen LogP contribution is 2.26. The molecule has 0 aliphatic heterocycles. The van der Waals surface area contributed by atoms with Crippen molar-refractivity contribution >= 4 is 33.3 Å². The fourth-order valence-electron chi connectivity index (χ4n) is 2.48. The molecule has 0 radical (unpaired) electrons. The molecule has 2 N–H and O–H groups in total. The average molecular weight is 319 g/mol. The van der Waals surface area contributed by atoms with Crippen LogP contribution in [0.3, 0.4) is 0 Å². The summed E-state index contributed by atoms with van der Waals surface area (Å²) < 4.78 is 0. The van der Waals surface area contributed by atoms with Crippen LogP contribution < -0.4 is 5.32 Å². The first kappa shape index (κ1) is 13.7. The SMILES string of the molecule is O=C(Nc1ccccc1)c1ccccc1-c1nc2sccc2[nH]1. The van der Waals surface area contributed by atoms with Crippen LogP contribution in [0.15, 0.2) is 66.0 Å². The third-order valence-corrected chi connectivity index (χ3v) is 4.38. The first-order valence-electron chi connectivity index (χ1n) is 7.20. The van der Waals surface area contributed by atoms with Crippen molar-refractivity contribution in [3.05, 3.63) is 71.6 Å². The van der Waals surface area contributed by atoms with Crippen molar-refractivity contribution in [2.75, 3.05) is 5.32 Å². The van der Waals surface area contributed by atoms with Gasteiger partial charge in [0.1, 0.15) is 10.7 Å². The fraction of sp³-hybridized carbons (Fsp3) is 0. The maximum absolute atomic E-state index is 12.6. The van der Waals surface area contributed by atoms with Crippen LogP contribution in [0.2, 0.25) is 0 Å². The molecule has 0 aliphatic carbocycles. The lowest BCUT2D eigenvalue weighted by atomic mass is 10.1. The predicted molar refractivity (Wildman–Crippen MR) is 93.8 cm³/mol. The fourth-order valence-corrected chi connectivity index (χ4v) is 3.20. The van der Waals surface area contributed by atoms with Crippen LogP contribution >= 0.6 is 11.3 Å². The normalized spacial score (nSPS) is 10.8. The number of aromatic nitrogens is 2. The van der Waals surface area contributed by atoms with E-state index in [2.05, 4.69) is 15.3 Å². The van der Waals surface area contributed by atoms with E-state index in [1.165, 1.54) is 0 Å². The Morgan fingerprint density at radius 2 is 1.78 bits per heavy atom. The molecule has 1 amide bonds. The molecule has 2 heterocycles. The van der Waals surface area contributed by atoms with Gasteiger partial charge in [0.2, 0.25) is 0 Å². The number of anilines is 1. The number of carbonyl (C=O) groups is 1. The zero-order chi connectivity index (χ0) is 15.6. The van der Waals surface area contributed by atoms with Gasteiger partial charge in [0, 0.05) is 11.3 Å². The van der Waals surface area contributed by atoms with Gasteiger partial charge in [0.15, 0.2) is 0 Å². The van der Waals surface area contributed by atoms with Crippen LogP contribution in [0.1, 0.15) is 10.4 Å². The first-order valence-corrected chi connectivity index (χ1v) is 8.08. The van der Waals surface area contributed by atoms with Crippen molar-refractivity contribution in [3.63, 3.8) is 0 Å². The van der Waals surface area contributed by atoms with Crippen LogP contribution in [-0.2, 0) is 0 Å². The number of para-hydroxylation sites is 1. The number of amides is 1. The van der Waals surface area contributed by atoms with E-state index in [0.29, 0.717) is 11.4 Å². The number of aromatic amines is 1. The van der Waals surface area contributed by atoms with E-state index in [1.54, 1.807) is 11.3 Å². The Labute approximate surface area is 136 Å². The van der Waals surface area contributed by atoms with E-state index in [9.17, 15) is 4.79 Å². The molecular formula is C18H13N3OS. The van der Waals surface area contributed by atoms with E-state index in [-0.39, 0.29) is 5.91 Å². The van der Waals surface area contributed by atoms with E-state index >= 15 is 0 Å². The first-order chi connectivity index (χ1) is 11.3. The second-order valence-corrected chi connectivity index (χ2v) is 5.99. The highest BCUT2D eigenvalue weighted by molar-refractivity contribution is 7.16. The number of rotatable bonds is 3. The Morgan fingerprint density at radius 3 is 2.61 bits per heavy atom. The molecule has 4 aromatic rings. The summed E-state index contributed by atoms with van der Waals surface area (Å²) in [6.07, 6.45) is 0. The Balaban J connectivity index is 1.72. The molecule has 0 saturated heterocycles. The van der Waals surface area contributed by atoms with Gasteiger partial charge >= 0.3 is 0 Å². The summed E-state index contributed by atoms with van der Waals surface area (Å²) >= 11 is 1.58. The van der Waals surface area contributed by atoms with Gasteiger partial charge in [-0.1, -0.05) is 36.4 Å². The Bertz CT molecular complexity index is 944. The molecule has 5 heteroatoms. The van der Waals surface area contributed by atoms with Gasteiger partial charge in [-0.15, -0.1) is 11.3 Å². The molecule has 0 fully saturated rings. The van der Waals surface area contributed by atoms with E-state index in [4.69, 9.17) is 0 Å². The van der Waals surface area contributed by atoms with Gasteiger partial charge in [-0.25, -0.2) is 4.98 Å². The Kier molecular flexibility index (Phi) is 3.40. The van der Waals surface area contributed by atoms with Gasteiger partial charge in [-0.3, -0.25) is 4.79 Å². The standard InChI is InChI=1S/C18H13N3OS/c22-17(19-12-6-2-1-3-7-12)14-9-5-4-8-13(14)16-20-15-10-11-23-18(15)21-16/h1-11H,(H,19,22)(H,20,21). The second kappa shape index (κ2) is 5.70. The number of imidazole rings is 1. The maximum atomic E-state index is 12.6. The molecule has 0 aliphatic rings. The van der Waals surface area contributed by atoms with Crippen LogP contribution in [0.4, 0.5) is 5.69 Å². The summed E-state index contributed by atoms with van der Waals surface area (Å²) in [6, 6.07) is 18.9. The number of hydrogen-bond donors (Lipinski definition) is 2. The Hall–Kier alpha value is -2.92. The molecule has 4 rings (SSSR count). The van der Waals surface area contributed by atoms with Gasteiger partial charge in [-0.2, -0.15) is 0 Å². The zero-order valence-electron chi connectivity index (χ0n) is 12.1. The van der Waals surface area contributed by atoms with Crippen LogP contribution in [0.5, 0.6) is 0 Å². The lowest BCUT2D eigenvalue weighted by molar-refractivity contribution is 0.102. The van der Waals surface area contributed by atoms with Crippen LogP contribution in [0.25, 0.3) is 21.7 Å². The zero-order valence-corrected chi connectivity index (χ0v) is 12.9. The van der Waals surface area contributed by atoms with Crippen molar-refractivity contribution < 1.29 is 4.79 Å². The van der Waals surface area contributed by atoms with E-state index < -0.39 is 0 Å². The van der Waals surface area contributed by atoms with Crippen molar-refractivity contribution in [2.24, 2.45) is 0 Å². The largest absolute Gasteiger partial charge is 0.337 e. The monoisotopic (exact) mass is 319 g/mol. The molecule has 23 heavy (non-hydrogen) atoms. The number of benzene rings is 2. The van der Waals surface area contributed by atoms with Crippen molar-refractivity contribution in [1.82, 2.24) is 9.97 Å². The van der Waals surface area contributed by atoms with Gasteiger partial charge in [0.05, 0.1) is 11.1 Å². The highest BCUT2D eigenvalue weighted by atomic mass is 32.1. The molecule has 0 unspecified atom stereocenters. The summed E-state index contributed by atoms with van der Waals surface area (Å²) in [4.78, 5) is 21.4. The number of nitrogens with zero attached hydrogens (tertiary/aromatic N) is 1. The minimum Gasteiger partial charge on any atom is -0.337 e. The average Bonchev–Trinajstić information content (AvgIpc) is 3.17. The molecule has 0 saturated carbocycles. The van der Waals surface area contributed by atoms with Crippen LogP contribution in [-0.4, -0.2) is 15.9 Å². The minimum absolute atomic E-state index is 0.147. The minimum atomic E-state index is -0.147. The van der Waals surface area contributed by atoms with Gasteiger partial charge < -0.3 is 10.3 Å². The highest BCUT2D eigenvalue weighted by Gasteiger charge is 2.15. The summed E-state index contributed by atoms with van der Waals surface area (Å²) in [5.74, 6) is 0.567. The van der Waals surface area contributed by atoms with Crippen molar-refractivity contribution in [1.29, 1.82) is 0 Å². The Morgan fingerprint density at radius 1 is 1.00 bits per heavy atom.